The van der Waals surface area contributed by atoms with Crippen LogP contribution in [0.2, 0.25) is 0 Å². The number of aromatic nitrogens is 3. The third-order valence-electron chi connectivity index (χ3n) is 3.37. The lowest BCUT2D eigenvalue weighted by Crippen LogP contribution is -2.13. The molecule has 2 rings (SSSR count). The molecule has 0 fully saturated rings. The van der Waals surface area contributed by atoms with Gasteiger partial charge >= 0.3 is 5.97 Å². The number of aryl methyl sites for hydroxylation is 1. The van der Waals surface area contributed by atoms with Gasteiger partial charge in [-0.25, -0.2) is 0 Å². The summed E-state index contributed by atoms with van der Waals surface area (Å²) in [6.07, 6.45) is -0.240. The van der Waals surface area contributed by atoms with E-state index < -0.39 is 0 Å². The Labute approximate surface area is 140 Å². The van der Waals surface area contributed by atoms with Gasteiger partial charge in [-0.05, 0) is 32.4 Å². The van der Waals surface area contributed by atoms with Crippen molar-refractivity contribution in [1.29, 1.82) is 0 Å². The molecule has 0 saturated carbocycles. The maximum Gasteiger partial charge on any atom is 0.316 e. The molecule has 1 atom stereocenters. The zero-order valence-corrected chi connectivity index (χ0v) is 14.6. The van der Waals surface area contributed by atoms with Crippen molar-refractivity contribution in [3.05, 3.63) is 35.7 Å². The Bertz CT molecular complexity index is 672. The molecule has 6 nitrogen and oxygen atoms in total. The van der Waals surface area contributed by atoms with Crippen molar-refractivity contribution in [2.75, 3.05) is 12.9 Å². The molecular formula is C16H21N3O3S. The smallest absolute Gasteiger partial charge is 0.316 e. The van der Waals surface area contributed by atoms with Crippen LogP contribution in [0.5, 0.6) is 5.75 Å². The fraction of sp³-hybridized carbons (Fsp3) is 0.438. The summed E-state index contributed by atoms with van der Waals surface area (Å²) in [5.74, 6) is 1.49. The first-order valence-electron chi connectivity index (χ1n) is 7.41. The fourth-order valence-electron chi connectivity index (χ4n) is 2.12. The van der Waals surface area contributed by atoms with Crippen molar-refractivity contribution in [2.24, 2.45) is 0 Å². The number of ether oxygens (including phenoxy) is 2. The standard InChI is InChI=1S/C16H21N3O3S/c1-5-19-15(17-18-16(19)23-10-14(20)21-4)12(3)22-13-9-7-6-8-11(13)2/h6-9,12H,5,10H2,1-4H3/t12-/m1/s1. The highest BCUT2D eigenvalue weighted by atomic mass is 32.2. The number of benzene rings is 1. The first-order chi connectivity index (χ1) is 11.1. The van der Waals surface area contributed by atoms with Crippen LogP contribution >= 0.6 is 11.8 Å². The lowest BCUT2D eigenvalue weighted by molar-refractivity contribution is -0.137. The van der Waals surface area contributed by atoms with E-state index in [0.29, 0.717) is 11.7 Å². The number of nitrogens with zero attached hydrogens (tertiary/aromatic N) is 3. The van der Waals surface area contributed by atoms with Gasteiger partial charge in [0.05, 0.1) is 12.9 Å². The zero-order chi connectivity index (χ0) is 16.8. The molecule has 7 heteroatoms. The first-order valence-corrected chi connectivity index (χ1v) is 8.40. The number of carbonyl (C=O) groups excluding carboxylic acids is 1. The molecular weight excluding hydrogens is 314 g/mol. The number of para-hydroxylation sites is 1. The molecule has 0 N–H and O–H groups in total. The van der Waals surface area contributed by atoms with Gasteiger partial charge in [0.15, 0.2) is 17.1 Å². The Hall–Kier alpha value is -2.02. The van der Waals surface area contributed by atoms with Gasteiger partial charge in [0.1, 0.15) is 5.75 Å². The second-order valence-corrected chi connectivity index (χ2v) is 5.92. The van der Waals surface area contributed by atoms with Gasteiger partial charge in [0, 0.05) is 6.54 Å². The summed E-state index contributed by atoms with van der Waals surface area (Å²) in [6.45, 7) is 6.66. The van der Waals surface area contributed by atoms with Gasteiger partial charge < -0.3 is 14.0 Å². The predicted octanol–water partition coefficient (Wildman–Crippen LogP) is 3.01. The van der Waals surface area contributed by atoms with Gasteiger partial charge in [-0.3, -0.25) is 4.79 Å². The van der Waals surface area contributed by atoms with Gasteiger partial charge in [-0.15, -0.1) is 10.2 Å². The minimum absolute atomic E-state index is 0.210. The summed E-state index contributed by atoms with van der Waals surface area (Å²) in [5, 5.41) is 9.09. The average Bonchev–Trinajstić information content (AvgIpc) is 2.97. The molecule has 0 saturated heterocycles. The Morgan fingerprint density at radius 3 is 2.74 bits per heavy atom. The summed E-state index contributed by atoms with van der Waals surface area (Å²) in [4.78, 5) is 11.3. The second-order valence-electron chi connectivity index (χ2n) is 4.98. The third-order valence-corrected chi connectivity index (χ3v) is 4.31. The largest absolute Gasteiger partial charge is 0.482 e. The average molecular weight is 335 g/mol. The second kappa shape index (κ2) is 8.01. The van der Waals surface area contributed by atoms with Crippen molar-refractivity contribution in [1.82, 2.24) is 14.8 Å². The molecule has 1 aromatic heterocycles. The molecule has 0 aliphatic carbocycles. The van der Waals surface area contributed by atoms with E-state index in [0.717, 1.165) is 17.1 Å². The molecule has 124 valence electrons. The number of esters is 1. The van der Waals surface area contributed by atoms with E-state index in [9.17, 15) is 4.79 Å². The number of methoxy groups -OCH3 is 1. The molecule has 0 amide bonds. The molecule has 0 unspecified atom stereocenters. The summed E-state index contributed by atoms with van der Waals surface area (Å²) in [7, 11) is 1.37. The topological polar surface area (TPSA) is 66.2 Å². The highest BCUT2D eigenvalue weighted by Crippen LogP contribution is 2.26. The summed E-state index contributed by atoms with van der Waals surface area (Å²) in [6, 6.07) is 7.86. The molecule has 2 aromatic rings. The molecule has 23 heavy (non-hydrogen) atoms. The van der Waals surface area contributed by atoms with E-state index in [-0.39, 0.29) is 17.8 Å². The zero-order valence-electron chi connectivity index (χ0n) is 13.8. The van der Waals surface area contributed by atoms with E-state index in [4.69, 9.17) is 4.74 Å². The van der Waals surface area contributed by atoms with Crippen molar-refractivity contribution < 1.29 is 14.3 Å². The van der Waals surface area contributed by atoms with E-state index in [1.165, 1.54) is 18.9 Å². The van der Waals surface area contributed by atoms with Crippen LogP contribution in [0.15, 0.2) is 29.4 Å². The van der Waals surface area contributed by atoms with Crippen LogP contribution in [0.1, 0.15) is 31.3 Å². The lowest BCUT2D eigenvalue weighted by atomic mass is 10.2. The van der Waals surface area contributed by atoms with Gasteiger partial charge in [0.25, 0.3) is 0 Å². The number of hydrogen-bond acceptors (Lipinski definition) is 6. The van der Waals surface area contributed by atoms with Crippen LogP contribution in [0.3, 0.4) is 0 Å². The Morgan fingerprint density at radius 2 is 2.09 bits per heavy atom. The molecule has 0 aliphatic rings. The van der Waals surface area contributed by atoms with Gasteiger partial charge in [-0.1, -0.05) is 30.0 Å². The van der Waals surface area contributed by atoms with E-state index in [1.54, 1.807) is 0 Å². The third kappa shape index (κ3) is 4.25. The van der Waals surface area contributed by atoms with Crippen molar-refractivity contribution in [3.8, 4) is 5.75 Å². The van der Waals surface area contributed by atoms with Crippen LogP contribution in [0.25, 0.3) is 0 Å². The summed E-state index contributed by atoms with van der Waals surface area (Å²) in [5.41, 5.74) is 1.07. The molecule has 0 spiro atoms. The SMILES string of the molecule is CCn1c(SCC(=O)OC)nnc1[C@@H](C)Oc1ccccc1C. The number of rotatable bonds is 7. The normalized spacial score (nSPS) is 12.0. The minimum Gasteiger partial charge on any atom is -0.482 e. The van der Waals surface area contributed by atoms with Gasteiger partial charge in [0.2, 0.25) is 0 Å². The highest BCUT2D eigenvalue weighted by molar-refractivity contribution is 7.99. The molecule has 0 bridgehead atoms. The number of thioether (sulfide) groups is 1. The Morgan fingerprint density at radius 1 is 1.35 bits per heavy atom. The first kappa shape index (κ1) is 17.3. The molecule has 0 aliphatic heterocycles. The van der Waals surface area contributed by atoms with Crippen LogP contribution in [0.4, 0.5) is 0 Å². The van der Waals surface area contributed by atoms with Crippen LogP contribution in [0, 0.1) is 6.92 Å². The molecule has 1 heterocycles. The van der Waals surface area contributed by atoms with E-state index in [1.807, 2.05) is 49.6 Å². The minimum atomic E-state index is -0.286. The number of carbonyl (C=O) groups is 1. The van der Waals surface area contributed by atoms with Crippen molar-refractivity contribution in [3.63, 3.8) is 0 Å². The van der Waals surface area contributed by atoms with Crippen molar-refractivity contribution >= 4 is 17.7 Å². The fourth-order valence-corrected chi connectivity index (χ4v) is 2.96. The monoisotopic (exact) mass is 335 g/mol. The molecule has 0 radical (unpaired) electrons. The molecule has 1 aromatic carbocycles. The predicted molar refractivity (Wildman–Crippen MR) is 88.7 cm³/mol. The number of hydrogen-bond donors (Lipinski definition) is 0. The Balaban J connectivity index is 2.14. The van der Waals surface area contributed by atoms with Crippen LogP contribution in [-0.4, -0.2) is 33.6 Å². The highest BCUT2D eigenvalue weighted by Gasteiger charge is 2.19. The van der Waals surface area contributed by atoms with E-state index >= 15 is 0 Å². The maximum atomic E-state index is 11.3. The quantitative estimate of drug-likeness (QED) is 0.572. The Kier molecular flexibility index (Phi) is 6.04. The summed E-state index contributed by atoms with van der Waals surface area (Å²) >= 11 is 1.31. The van der Waals surface area contributed by atoms with Crippen molar-refractivity contribution in [2.45, 2.75) is 38.6 Å². The lowest BCUT2D eigenvalue weighted by Gasteiger charge is -2.16. The van der Waals surface area contributed by atoms with Crippen LogP contribution in [-0.2, 0) is 16.1 Å². The maximum absolute atomic E-state index is 11.3. The van der Waals surface area contributed by atoms with Crippen LogP contribution < -0.4 is 4.74 Å². The summed E-state index contributed by atoms with van der Waals surface area (Å²) < 4.78 is 12.6. The van der Waals surface area contributed by atoms with E-state index in [2.05, 4.69) is 14.9 Å². The van der Waals surface area contributed by atoms with Gasteiger partial charge in [-0.2, -0.15) is 0 Å².